The quantitative estimate of drug-likeness (QED) is 0.699. The van der Waals surface area contributed by atoms with Crippen LogP contribution in [0.5, 0.6) is 5.75 Å². The Balaban J connectivity index is 2.53. The third kappa shape index (κ3) is 3.55. The van der Waals surface area contributed by atoms with Gasteiger partial charge in [-0.2, -0.15) is 0 Å². The smallest absolute Gasteiger partial charge is 0.405 e. The molecule has 2 rings (SSSR count). The highest BCUT2D eigenvalue weighted by atomic mass is 79.9. The molecule has 1 nitrogen and oxygen atoms in total. The fourth-order valence-electron chi connectivity index (χ4n) is 1.75. The average molecular weight is 341 g/mol. The van der Waals surface area contributed by atoms with Gasteiger partial charge in [0.1, 0.15) is 5.75 Å². The van der Waals surface area contributed by atoms with Crippen molar-refractivity contribution in [3.05, 3.63) is 52.5 Å². The van der Waals surface area contributed by atoms with E-state index in [-0.39, 0.29) is 5.75 Å². The van der Waals surface area contributed by atoms with Crippen LogP contribution in [0.2, 0.25) is 0 Å². The van der Waals surface area contributed by atoms with Gasteiger partial charge in [0, 0.05) is 15.6 Å². The third-order valence-electron chi connectivity index (χ3n) is 2.49. The number of hydrogen-bond donors (Lipinski definition) is 0. The fraction of sp³-hybridized carbons (Fsp3) is 0.0667. The minimum Gasteiger partial charge on any atom is -0.405 e. The van der Waals surface area contributed by atoms with Crippen LogP contribution in [0.3, 0.4) is 0 Å². The van der Waals surface area contributed by atoms with Gasteiger partial charge in [0.2, 0.25) is 0 Å². The van der Waals surface area contributed by atoms with Crippen molar-refractivity contribution >= 4 is 15.9 Å². The molecule has 0 fully saturated rings. The number of alkyl halides is 3. The molecule has 0 aliphatic carbocycles. The molecule has 20 heavy (non-hydrogen) atoms. The first-order chi connectivity index (χ1) is 9.39. The molecule has 0 aliphatic heterocycles. The zero-order chi connectivity index (χ0) is 14.8. The number of para-hydroxylation sites is 1. The molecular weight excluding hydrogens is 333 g/mol. The van der Waals surface area contributed by atoms with E-state index in [1.54, 1.807) is 30.3 Å². The average Bonchev–Trinajstić information content (AvgIpc) is 2.36. The van der Waals surface area contributed by atoms with Crippen LogP contribution in [0, 0.1) is 12.3 Å². The first kappa shape index (κ1) is 14.5. The van der Waals surface area contributed by atoms with E-state index < -0.39 is 6.36 Å². The van der Waals surface area contributed by atoms with Gasteiger partial charge in [-0.3, -0.25) is 0 Å². The van der Waals surface area contributed by atoms with Gasteiger partial charge in [0.15, 0.2) is 0 Å². The number of terminal acetylenes is 1. The van der Waals surface area contributed by atoms with E-state index >= 15 is 0 Å². The van der Waals surface area contributed by atoms with Crippen molar-refractivity contribution in [3.8, 4) is 29.2 Å². The summed E-state index contributed by atoms with van der Waals surface area (Å²) in [4.78, 5) is 0. The van der Waals surface area contributed by atoms with Crippen molar-refractivity contribution in [2.75, 3.05) is 0 Å². The number of ether oxygens (including phenoxy) is 1. The lowest BCUT2D eigenvalue weighted by molar-refractivity contribution is -0.274. The Bertz CT molecular complexity index is 672. The van der Waals surface area contributed by atoms with Gasteiger partial charge in [-0.15, -0.1) is 19.6 Å². The van der Waals surface area contributed by atoms with Crippen LogP contribution in [-0.4, -0.2) is 6.36 Å². The minimum atomic E-state index is -4.74. The lowest BCUT2D eigenvalue weighted by atomic mass is 10.0. The molecule has 2 aromatic rings. The summed E-state index contributed by atoms with van der Waals surface area (Å²) in [6.07, 6.45) is 0.584. The molecule has 0 saturated carbocycles. The Kier molecular flexibility index (Phi) is 4.05. The lowest BCUT2D eigenvalue weighted by Gasteiger charge is -2.13. The van der Waals surface area contributed by atoms with Crippen LogP contribution in [0.15, 0.2) is 46.9 Å². The zero-order valence-electron chi connectivity index (χ0n) is 10.0. The molecule has 0 spiro atoms. The Morgan fingerprint density at radius 1 is 1.10 bits per heavy atom. The summed E-state index contributed by atoms with van der Waals surface area (Å²) in [6, 6.07) is 10.9. The molecule has 0 saturated heterocycles. The molecule has 0 N–H and O–H groups in total. The largest absolute Gasteiger partial charge is 0.573 e. The Hall–Kier alpha value is -1.93. The maximum absolute atomic E-state index is 12.4. The Morgan fingerprint density at radius 3 is 2.45 bits per heavy atom. The summed E-state index contributed by atoms with van der Waals surface area (Å²) in [6.45, 7) is 0. The van der Waals surface area contributed by atoms with E-state index in [0.29, 0.717) is 21.2 Å². The standard InChI is InChI=1S/C15H8BrF3O/c1-2-10-7-11(9-12(16)8-10)13-5-3-4-6-14(13)20-15(17,18)19/h1,3-9H. The number of hydrogen-bond acceptors (Lipinski definition) is 1. The van der Waals surface area contributed by atoms with Gasteiger partial charge in [-0.1, -0.05) is 40.0 Å². The second-order valence-corrected chi connectivity index (χ2v) is 4.83. The molecule has 0 atom stereocenters. The minimum absolute atomic E-state index is 0.263. The van der Waals surface area contributed by atoms with E-state index in [0.717, 1.165) is 0 Å². The molecule has 0 radical (unpaired) electrons. The molecular formula is C15H8BrF3O. The van der Waals surface area contributed by atoms with Crippen LogP contribution >= 0.6 is 15.9 Å². The van der Waals surface area contributed by atoms with E-state index in [9.17, 15) is 13.2 Å². The summed E-state index contributed by atoms with van der Waals surface area (Å²) < 4.78 is 41.9. The molecule has 0 heterocycles. The van der Waals surface area contributed by atoms with Crippen LogP contribution in [0.4, 0.5) is 13.2 Å². The van der Waals surface area contributed by atoms with Crippen molar-refractivity contribution in [2.45, 2.75) is 6.36 Å². The van der Waals surface area contributed by atoms with Crippen LogP contribution in [-0.2, 0) is 0 Å². The van der Waals surface area contributed by atoms with Crippen LogP contribution < -0.4 is 4.74 Å². The second-order valence-electron chi connectivity index (χ2n) is 3.92. The summed E-state index contributed by atoms with van der Waals surface area (Å²) >= 11 is 3.28. The van der Waals surface area contributed by atoms with Crippen molar-refractivity contribution < 1.29 is 17.9 Å². The van der Waals surface area contributed by atoms with Gasteiger partial charge in [-0.25, -0.2) is 0 Å². The lowest BCUT2D eigenvalue weighted by Crippen LogP contribution is -2.17. The first-order valence-corrected chi connectivity index (χ1v) is 6.31. The van der Waals surface area contributed by atoms with E-state index in [1.165, 1.54) is 12.1 Å². The van der Waals surface area contributed by atoms with Crippen molar-refractivity contribution in [1.82, 2.24) is 0 Å². The predicted octanol–water partition coefficient (Wildman–Crippen LogP) is 5.00. The van der Waals surface area contributed by atoms with Crippen molar-refractivity contribution in [3.63, 3.8) is 0 Å². The highest BCUT2D eigenvalue weighted by Crippen LogP contribution is 2.35. The van der Waals surface area contributed by atoms with Crippen molar-refractivity contribution in [1.29, 1.82) is 0 Å². The fourth-order valence-corrected chi connectivity index (χ4v) is 2.24. The number of benzene rings is 2. The third-order valence-corrected chi connectivity index (χ3v) is 2.95. The Morgan fingerprint density at radius 2 is 1.80 bits per heavy atom. The summed E-state index contributed by atoms with van der Waals surface area (Å²) in [5, 5.41) is 0. The molecule has 0 aliphatic rings. The second kappa shape index (κ2) is 5.59. The molecule has 102 valence electrons. The summed E-state index contributed by atoms with van der Waals surface area (Å²) in [5.74, 6) is 2.19. The van der Waals surface area contributed by atoms with Gasteiger partial charge in [0.25, 0.3) is 0 Å². The first-order valence-electron chi connectivity index (χ1n) is 5.51. The van der Waals surface area contributed by atoms with E-state index in [4.69, 9.17) is 6.42 Å². The maximum atomic E-state index is 12.4. The van der Waals surface area contributed by atoms with Crippen molar-refractivity contribution in [2.24, 2.45) is 0 Å². The normalized spacial score (nSPS) is 10.9. The summed E-state index contributed by atoms with van der Waals surface area (Å²) in [7, 11) is 0. The zero-order valence-corrected chi connectivity index (χ0v) is 11.6. The monoisotopic (exact) mass is 340 g/mol. The SMILES string of the molecule is C#Cc1cc(Br)cc(-c2ccccc2OC(F)(F)F)c1. The maximum Gasteiger partial charge on any atom is 0.573 e. The van der Waals surface area contributed by atoms with Gasteiger partial charge in [0.05, 0.1) is 0 Å². The predicted molar refractivity (Wildman–Crippen MR) is 74.2 cm³/mol. The van der Waals surface area contributed by atoms with Gasteiger partial charge in [-0.05, 0) is 29.8 Å². The number of rotatable bonds is 2. The van der Waals surface area contributed by atoms with E-state index in [2.05, 4.69) is 26.6 Å². The number of halogens is 4. The highest BCUT2D eigenvalue weighted by molar-refractivity contribution is 9.10. The molecule has 0 bridgehead atoms. The van der Waals surface area contributed by atoms with E-state index in [1.807, 2.05) is 0 Å². The molecule has 0 unspecified atom stereocenters. The topological polar surface area (TPSA) is 9.23 Å². The Labute approximate surface area is 122 Å². The molecule has 2 aromatic carbocycles. The van der Waals surface area contributed by atoms with Gasteiger partial charge >= 0.3 is 6.36 Å². The van der Waals surface area contributed by atoms with Crippen LogP contribution in [0.25, 0.3) is 11.1 Å². The summed E-state index contributed by atoms with van der Waals surface area (Å²) in [5.41, 5.74) is 1.44. The van der Waals surface area contributed by atoms with Gasteiger partial charge < -0.3 is 4.74 Å². The molecule has 0 aromatic heterocycles. The highest BCUT2D eigenvalue weighted by Gasteiger charge is 2.32. The molecule has 0 amide bonds. The van der Waals surface area contributed by atoms with Crippen LogP contribution in [0.1, 0.15) is 5.56 Å². The molecule has 5 heteroatoms.